The van der Waals surface area contributed by atoms with Crippen molar-refractivity contribution >= 4 is 17.7 Å². The summed E-state index contributed by atoms with van der Waals surface area (Å²) in [7, 11) is 1.42. The number of nitrogens with one attached hydrogen (secondary N) is 1. The van der Waals surface area contributed by atoms with Crippen LogP contribution in [0.5, 0.6) is 0 Å². The van der Waals surface area contributed by atoms with Gasteiger partial charge in [-0.1, -0.05) is 24.3 Å². The third-order valence-corrected chi connectivity index (χ3v) is 3.57. The molecule has 3 nitrogen and oxygen atoms in total. The average Bonchev–Trinajstić information content (AvgIpc) is 2.38. The second kappa shape index (κ2) is 8.16. The molecule has 1 rings (SSSR count). The Labute approximate surface area is 113 Å². The van der Waals surface area contributed by atoms with Gasteiger partial charge in [0.25, 0.3) is 0 Å². The van der Waals surface area contributed by atoms with E-state index < -0.39 is 0 Å². The molecule has 0 radical (unpaired) electrons. The lowest BCUT2D eigenvalue weighted by molar-refractivity contribution is -0.139. The molecule has 0 aliphatic rings. The molecule has 18 heavy (non-hydrogen) atoms. The van der Waals surface area contributed by atoms with Crippen LogP contribution in [-0.4, -0.2) is 31.1 Å². The lowest BCUT2D eigenvalue weighted by Crippen LogP contribution is -2.28. The summed E-state index contributed by atoms with van der Waals surface area (Å²) in [6, 6.07) is 8.44. The standard InChI is InChI=1S/C14H21NO2S/c1-11(10-18-3)15-9-13-7-5-4-6-12(13)8-14(16)17-2/h4-7,11,15H,8-10H2,1-3H3. The zero-order chi connectivity index (χ0) is 13.4. The van der Waals surface area contributed by atoms with E-state index in [-0.39, 0.29) is 5.97 Å². The molecule has 0 heterocycles. The molecule has 1 atom stereocenters. The van der Waals surface area contributed by atoms with E-state index in [0.29, 0.717) is 12.5 Å². The average molecular weight is 267 g/mol. The topological polar surface area (TPSA) is 38.3 Å². The molecular weight excluding hydrogens is 246 g/mol. The maximum Gasteiger partial charge on any atom is 0.309 e. The predicted molar refractivity (Wildman–Crippen MR) is 76.8 cm³/mol. The van der Waals surface area contributed by atoms with Crippen LogP contribution in [0, 0.1) is 0 Å². The highest BCUT2D eigenvalue weighted by Crippen LogP contribution is 2.10. The van der Waals surface area contributed by atoms with Crippen molar-refractivity contribution in [3.8, 4) is 0 Å². The lowest BCUT2D eigenvalue weighted by Gasteiger charge is -2.14. The molecule has 0 bridgehead atoms. The van der Waals surface area contributed by atoms with Crippen LogP contribution in [0.2, 0.25) is 0 Å². The fraction of sp³-hybridized carbons (Fsp3) is 0.500. The number of esters is 1. The Morgan fingerprint density at radius 3 is 2.67 bits per heavy atom. The molecule has 0 aliphatic carbocycles. The van der Waals surface area contributed by atoms with Gasteiger partial charge in [0.15, 0.2) is 0 Å². The largest absolute Gasteiger partial charge is 0.469 e. The van der Waals surface area contributed by atoms with E-state index >= 15 is 0 Å². The molecular formula is C14H21NO2S. The number of ether oxygens (including phenoxy) is 1. The molecule has 1 aromatic rings. The molecule has 0 saturated heterocycles. The van der Waals surface area contributed by atoms with Gasteiger partial charge in [-0.25, -0.2) is 0 Å². The second-order valence-electron chi connectivity index (χ2n) is 4.26. The summed E-state index contributed by atoms with van der Waals surface area (Å²) < 4.78 is 4.71. The molecule has 100 valence electrons. The summed E-state index contributed by atoms with van der Waals surface area (Å²) in [5, 5.41) is 3.46. The number of hydrogen-bond donors (Lipinski definition) is 1. The smallest absolute Gasteiger partial charge is 0.309 e. The summed E-state index contributed by atoms with van der Waals surface area (Å²) in [5.74, 6) is 0.888. The monoisotopic (exact) mass is 267 g/mol. The molecule has 0 fully saturated rings. The van der Waals surface area contributed by atoms with E-state index in [1.165, 1.54) is 7.11 Å². The number of hydrogen-bond acceptors (Lipinski definition) is 4. The number of benzene rings is 1. The quantitative estimate of drug-likeness (QED) is 0.769. The Hall–Kier alpha value is -1.00. The zero-order valence-electron chi connectivity index (χ0n) is 11.2. The molecule has 1 aromatic carbocycles. The van der Waals surface area contributed by atoms with Crippen LogP contribution in [0.3, 0.4) is 0 Å². The van der Waals surface area contributed by atoms with Gasteiger partial charge >= 0.3 is 5.97 Å². The molecule has 0 spiro atoms. The Kier molecular flexibility index (Phi) is 6.83. The molecule has 0 amide bonds. The first-order chi connectivity index (χ1) is 8.67. The first kappa shape index (κ1) is 15.1. The van der Waals surface area contributed by atoms with Gasteiger partial charge < -0.3 is 10.1 Å². The highest BCUT2D eigenvalue weighted by Gasteiger charge is 2.08. The second-order valence-corrected chi connectivity index (χ2v) is 5.17. The number of thioether (sulfide) groups is 1. The van der Waals surface area contributed by atoms with Gasteiger partial charge in [0.1, 0.15) is 0 Å². The van der Waals surface area contributed by atoms with Crippen LogP contribution in [0.15, 0.2) is 24.3 Å². The summed E-state index contributed by atoms with van der Waals surface area (Å²) in [4.78, 5) is 11.3. The van der Waals surface area contributed by atoms with Crippen LogP contribution < -0.4 is 5.32 Å². The normalized spacial score (nSPS) is 12.2. The van der Waals surface area contributed by atoms with E-state index in [1.54, 1.807) is 0 Å². The highest BCUT2D eigenvalue weighted by atomic mass is 32.2. The van der Waals surface area contributed by atoms with Crippen molar-refractivity contribution in [3.05, 3.63) is 35.4 Å². The molecule has 4 heteroatoms. The summed E-state index contributed by atoms with van der Waals surface area (Å²) in [6.07, 6.45) is 2.44. The van der Waals surface area contributed by atoms with Gasteiger partial charge in [-0.2, -0.15) is 11.8 Å². The van der Waals surface area contributed by atoms with E-state index in [1.807, 2.05) is 30.0 Å². The highest BCUT2D eigenvalue weighted by molar-refractivity contribution is 7.98. The van der Waals surface area contributed by atoms with Gasteiger partial charge in [0.05, 0.1) is 13.5 Å². The van der Waals surface area contributed by atoms with Gasteiger partial charge in [0, 0.05) is 18.3 Å². The molecule has 1 unspecified atom stereocenters. The van der Waals surface area contributed by atoms with Gasteiger partial charge in [0.2, 0.25) is 0 Å². The molecule has 1 N–H and O–H groups in total. The van der Waals surface area contributed by atoms with E-state index in [0.717, 1.165) is 23.4 Å². The van der Waals surface area contributed by atoms with Crippen molar-refractivity contribution in [2.45, 2.75) is 25.9 Å². The molecule has 0 saturated carbocycles. The SMILES string of the molecule is COC(=O)Cc1ccccc1CNC(C)CSC. The Morgan fingerprint density at radius 1 is 1.39 bits per heavy atom. The maximum absolute atomic E-state index is 11.3. The van der Waals surface area contributed by atoms with E-state index in [9.17, 15) is 4.79 Å². The van der Waals surface area contributed by atoms with Gasteiger partial charge in [-0.3, -0.25) is 4.79 Å². The fourth-order valence-corrected chi connectivity index (χ4v) is 2.34. The van der Waals surface area contributed by atoms with Crippen molar-refractivity contribution in [3.63, 3.8) is 0 Å². The minimum atomic E-state index is -0.195. The van der Waals surface area contributed by atoms with Crippen molar-refractivity contribution in [1.82, 2.24) is 5.32 Å². The first-order valence-electron chi connectivity index (χ1n) is 6.03. The van der Waals surface area contributed by atoms with Crippen LogP contribution in [0.4, 0.5) is 0 Å². The van der Waals surface area contributed by atoms with Crippen LogP contribution in [0.25, 0.3) is 0 Å². The summed E-state index contributed by atoms with van der Waals surface area (Å²) >= 11 is 1.83. The number of carbonyl (C=O) groups is 1. The van der Waals surface area contributed by atoms with Crippen LogP contribution >= 0.6 is 11.8 Å². The number of rotatable bonds is 7. The van der Waals surface area contributed by atoms with Gasteiger partial charge in [-0.05, 0) is 24.3 Å². The first-order valence-corrected chi connectivity index (χ1v) is 7.42. The Bertz CT molecular complexity index is 382. The van der Waals surface area contributed by atoms with Crippen molar-refractivity contribution in [1.29, 1.82) is 0 Å². The minimum absolute atomic E-state index is 0.195. The Balaban J connectivity index is 2.61. The number of carbonyl (C=O) groups excluding carboxylic acids is 1. The third kappa shape index (κ3) is 5.10. The third-order valence-electron chi connectivity index (χ3n) is 2.74. The van der Waals surface area contributed by atoms with E-state index in [2.05, 4.69) is 24.6 Å². The summed E-state index contributed by atoms with van der Waals surface area (Å²) in [5.41, 5.74) is 2.20. The summed E-state index contributed by atoms with van der Waals surface area (Å²) in [6.45, 7) is 2.95. The van der Waals surface area contributed by atoms with Crippen molar-refractivity contribution in [2.75, 3.05) is 19.1 Å². The predicted octanol–water partition coefficient (Wildman–Crippen LogP) is 2.24. The van der Waals surface area contributed by atoms with Crippen LogP contribution in [0.1, 0.15) is 18.1 Å². The lowest BCUT2D eigenvalue weighted by atomic mass is 10.0. The minimum Gasteiger partial charge on any atom is -0.469 e. The zero-order valence-corrected chi connectivity index (χ0v) is 12.0. The maximum atomic E-state index is 11.3. The molecule has 0 aliphatic heterocycles. The Morgan fingerprint density at radius 2 is 2.06 bits per heavy atom. The van der Waals surface area contributed by atoms with E-state index in [4.69, 9.17) is 4.74 Å². The number of methoxy groups -OCH3 is 1. The molecule has 0 aromatic heterocycles. The van der Waals surface area contributed by atoms with Crippen LogP contribution in [-0.2, 0) is 22.5 Å². The van der Waals surface area contributed by atoms with Gasteiger partial charge in [-0.15, -0.1) is 0 Å². The fourth-order valence-electron chi connectivity index (χ4n) is 1.72. The van der Waals surface area contributed by atoms with Crippen molar-refractivity contribution < 1.29 is 9.53 Å². The van der Waals surface area contributed by atoms with Crippen molar-refractivity contribution in [2.24, 2.45) is 0 Å².